The SMILES string of the molecule is CCNC(=NCc1cccc(NC(C)=O)c1)N1CCC(c2cnn(C)c2)C1. The van der Waals surface area contributed by atoms with Crippen molar-refractivity contribution in [1.82, 2.24) is 20.0 Å². The molecule has 7 heteroatoms. The van der Waals surface area contributed by atoms with Gasteiger partial charge < -0.3 is 15.5 Å². The van der Waals surface area contributed by atoms with Crippen molar-refractivity contribution in [2.45, 2.75) is 32.7 Å². The fraction of sp³-hybridized carbons (Fsp3) is 0.450. The second-order valence-corrected chi connectivity index (χ2v) is 6.93. The molecule has 0 bridgehead atoms. The molecule has 0 radical (unpaired) electrons. The van der Waals surface area contributed by atoms with Gasteiger partial charge in [-0.15, -0.1) is 0 Å². The van der Waals surface area contributed by atoms with Crippen molar-refractivity contribution in [3.63, 3.8) is 0 Å². The number of benzene rings is 1. The summed E-state index contributed by atoms with van der Waals surface area (Å²) in [6.45, 7) is 6.94. The number of anilines is 1. The van der Waals surface area contributed by atoms with Gasteiger partial charge in [-0.25, -0.2) is 4.99 Å². The van der Waals surface area contributed by atoms with Gasteiger partial charge in [0.1, 0.15) is 0 Å². The Morgan fingerprint density at radius 2 is 2.26 bits per heavy atom. The lowest BCUT2D eigenvalue weighted by Crippen LogP contribution is -2.40. The van der Waals surface area contributed by atoms with Crippen molar-refractivity contribution in [1.29, 1.82) is 0 Å². The summed E-state index contributed by atoms with van der Waals surface area (Å²) in [6, 6.07) is 7.83. The minimum absolute atomic E-state index is 0.0671. The van der Waals surface area contributed by atoms with Gasteiger partial charge in [0.05, 0.1) is 12.7 Å². The number of aliphatic imine (C=N–C) groups is 1. The van der Waals surface area contributed by atoms with Crippen molar-refractivity contribution in [3.8, 4) is 0 Å². The van der Waals surface area contributed by atoms with Crippen LogP contribution in [0.2, 0.25) is 0 Å². The molecule has 1 aromatic carbocycles. The molecule has 0 saturated carbocycles. The van der Waals surface area contributed by atoms with Crippen LogP contribution in [0.3, 0.4) is 0 Å². The van der Waals surface area contributed by atoms with Crippen LogP contribution in [-0.2, 0) is 18.4 Å². The molecular formula is C20H28N6O. The Morgan fingerprint density at radius 3 is 2.96 bits per heavy atom. The number of hydrogen-bond acceptors (Lipinski definition) is 3. The lowest BCUT2D eigenvalue weighted by atomic mass is 10.0. The molecule has 1 aromatic heterocycles. The molecule has 1 atom stereocenters. The molecule has 27 heavy (non-hydrogen) atoms. The lowest BCUT2D eigenvalue weighted by molar-refractivity contribution is -0.114. The van der Waals surface area contributed by atoms with Gasteiger partial charge in [0, 0.05) is 51.4 Å². The van der Waals surface area contributed by atoms with E-state index in [1.165, 1.54) is 12.5 Å². The molecular weight excluding hydrogens is 340 g/mol. The van der Waals surface area contributed by atoms with E-state index >= 15 is 0 Å². The third-order valence-electron chi connectivity index (χ3n) is 4.68. The first kappa shape index (κ1) is 18.9. The molecule has 7 nitrogen and oxygen atoms in total. The number of aromatic nitrogens is 2. The first-order valence-corrected chi connectivity index (χ1v) is 9.43. The van der Waals surface area contributed by atoms with E-state index in [0.29, 0.717) is 12.5 Å². The van der Waals surface area contributed by atoms with Crippen LogP contribution in [0.1, 0.15) is 37.3 Å². The highest BCUT2D eigenvalue weighted by molar-refractivity contribution is 5.88. The topological polar surface area (TPSA) is 74.6 Å². The number of nitrogens with one attached hydrogen (secondary N) is 2. The molecule has 1 aliphatic rings. The summed E-state index contributed by atoms with van der Waals surface area (Å²) in [5.41, 5.74) is 3.16. The minimum atomic E-state index is -0.0671. The van der Waals surface area contributed by atoms with Gasteiger partial charge in [-0.2, -0.15) is 5.10 Å². The van der Waals surface area contributed by atoms with E-state index in [4.69, 9.17) is 4.99 Å². The van der Waals surface area contributed by atoms with Crippen LogP contribution in [-0.4, -0.2) is 46.2 Å². The Hall–Kier alpha value is -2.83. The van der Waals surface area contributed by atoms with Crippen molar-refractivity contribution in [2.24, 2.45) is 12.0 Å². The number of carbonyl (C=O) groups excluding carboxylic acids is 1. The predicted molar refractivity (Wildman–Crippen MR) is 108 cm³/mol. The summed E-state index contributed by atoms with van der Waals surface area (Å²) in [5.74, 6) is 1.36. The summed E-state index contributed by atoms with van der Waals surface area (Å²) in [6.07, 6.45) is 5.17. The van der Waals surface area contributed by atoms with E-state index in [1.807, 2.05) is 42.2 Å². The summed E-state index contributed by atoms with van der Waals surface area (Å²) in [7, 11) is 1.96. The monoisotopic (exact) mass is 368 g/mol. The summed E-state index contributed by atoms with van der Waals surface area (Å²) < 4.78 is 1.86. The van der Waals surface area contributed by atoms with Gasteiger partial charge in [0.2, 0.25) is 5.91 Å². The number of likely N-dealkylation sites (tertiary alicyclic amines) is 1. The number of guanidine groups is 1. The molecule has 1 amide bonds. The molecule has 0 aliphatic carbocycles. The van der Waals surface area contributed by atoms with Crippen LogP contribution in [0.25, 0.3) is 0 Å². The summed E-state index contributed by atoms with van der Waals surface area (Å²) in [4.78, 5) is 18.4. The molecule has 3 rings (SSSR count). The zero-order valence-electron chi connectivity index (χ0n) is 16.3. The molecule has 2 aromatic rings. The second-order valence-electron chi connectivity index (χ2n) is 6.93. The molecule has 144 valence electrons. The van der Waals surface area contributed by atoms with Crippen molar-refractivity contribution in [2.75, 3.05) is 25.0 Å². The van der Waals surface area contributed by atoms with E-state index in [-0.39, 0.29) is 5.91 Å². The van der Waals surface area contributed by atoms with Crippen molar-refractivity contribution in [3.05, 3.63) is 47.8 Å². The maximum absolute atomic E-state index is 11.2. The quantitative estimate of drug-likeness (QED) is 0.627. The first-order chi connectivity index (χ1) is 13.0. The summed E-state index contributed by atoms with van der Waals surface area (Å²) >= 11 is 0. The van der Waals surface area contributed by atoms with E-state index in [0.717, 1.165) is 43.3 Å². The maximum Gasteiger partial charge on any atom is 0.221 e. The fourth-order valence-corrected chi connectivity index (χ4v) is 3.42. The van der Waals surface area contributed by atoms with E-state index in [1.54, 1.807) is 0 Å². The third kappa shape index (κ3) is 5.09. The predicted octanol–water partition coefficient (Wildman–Crippen LogP) is 2.33. The molecule has 1 fully saturated rings. The van der Waals surface area contributed by atoms with E-state index < -0.39 is 0 Å². The van der Waals surface area contributed by atoms with Gasteiger partial charge in [0.15, 0.2) is 5.96 Å². The highest BCUT2D eigenvalue weighted by Gasteiger charge is 2.26. The maximum atomic E-state index is 11.2. The Kier molecular flexibility index (Phi) is 6.11. The lowest BCUT2D eigenvalue weighted by Gasteiger charge is -2.21. The smallest absolute Gasteiger partial charge is 0.221 e. The van der Waals surface area contributed by atoms with Crippen LogP contribution in [0, 0.1) is 0 Å². The standard InChI is InChI=1S/C20H28N6O/c1-4-21-20(22-11-16-6-5-7-19(10-16)24-15(2)27)26-9-8-17(14-26)18-12-23-25(3)13-18/h5-7,10,12-13,17H,4,8-9,11,14H2,1-3H3,(H,21,22)(H,24,27). The van der Waals surface area contributed by atoms with E-state index in [9.17, 15) is 4.79 Å². The average molecular weight is 368 g/mol. The van der Waals surface area contributed by atoms with Crippen LogP contribution in [0.4, 0.5) is 5.69 Å². The molecule has 2 heterocycles. The molecule has 1 saturated heterocycles. The number of nitrogens with zero attached hydrogens (tertiary/aromatic N) is 4. The van der Waals surface area contributed by atoms with Crippen LogP contribution >= 0.6 is 0 Å². The number of rotatable bonds is 5. The Balaban J connectivity index is 1.67. The zero-order valence-corrected chi connectivity index (χ0v) is 16.3. The average Bonchev–Trinajstić information content (AvgIpc) is 3.27. The number of carbonyl (C=O) groups is 1. The van der Waals surface area contributed by atoms with E-state index in [2.05, 4.69) is 33.8 Å². The first-order valence-electron chi connectivity index (χ1n) is 9.43. The van der Waals surface area contributed by atoms with Crippen LogP contribution in [0.15, 0.2) is 41.7 Å². The Labute approximate surface area is 160 Å². The number of hydrogen-bond donors (Lipinski definition) is 2. The van der Waals surface area contributed by atoms with Gasteiger partial charge in [-0.05, 0) is 36.6 Å². The van der Waals surface area contributed by atoms with Crippen molar-refractivity contribution < 1.29 is 4.79 Å². The van der Waals surface area contributed by atoms with Crippen molar-refractivity contribution >= 4 is 17.6 Å². The Bertz CT molecular complexity index is 812. The molecule has 1 unspecified atom stereocenters. The normalized spacial score (nSPS) is 17.2. The number of aryl methyl sites for hydroxylation is 1. The second kappa shape index (κ2) is 8.70. The summed E-state index contributed by atoms with van der Waals surface area (Å²) in [5, 5.41) is 10.5. The van der Waals surface area contributed by atoms with Gasteiger partial charge >= 0.3 is 0 Å². The highest BCUT2D eigenvalue weighted by atomic mass is 16.1. The number of amides is 1. The Morgan fingerprint density at radius 1 is 1.41 bits per heavy atom. The fourth-order valence-electron chi connectivity index (χ4n) is 3.42. The van der Waals surface area contributed by atoms with Gasteiger partial charge in [-0.1, -0.05) is 12.1 Å². The van der Waals surface area contributed by atoms with Gasteiger partial charge in [0.25, 0.3) is 0 Å². The van der Waals surface area contributed by atoms with Crippen LogP contribution in [0.5, 0.6) is 0 Å². The molecule has 2 N–H and O–H groups in total. The largest absolute Gasteiger partial charge is 0.357 e. The molecule has 0 spiro atoms. The zero-order chi connectivity index (χ0) is 19.2. The van der Waals surface area contributed by atoms with Crippen LogP contribution < -0.4 is 10.6 Å². The van der Waals surface area contributed by atoms with Gasteiger partial charge in [-0.3, -0.25) is 9.48 Å². The highest BCUT2D eigenvalue weighted by Crippen LogP contribution is 2.26. The minimum Gasteiger partial charge on any atom is -0.357 e. The molecule has 1 aliphatic heterocycles. The third-order valence-corrected chi connectivity index (χ3v) is 4.68.